The van der Waals surface area contributed by atoms with Crippen molar-refractivity contribution in [2.45, 2.75) is 98.3 Å². The van der Waals surface area contributed by atoms with Gasteiger partial charge in [-0.2, -0.15) is 0 Å². The molecule has 4 aliphatic rings. The Labute approximate surface area is 178 Å². The van der Waals surface area contributed by atoms with Crippen molar-refractivity contribution in [1.82, 2.24) is 0 Å². The fourth-order valence-electron chi connectivity index (χ4n) is 8.57. The predicted molar refractivity (Wildman–Crippen MR) is 118 cm³/mol. The SMILES string of the molecule is CC(C=O)CCCC(C)[C@H]1CC[C@H]2[C@@H]3CCC4=CC(=O)CC[C@]4(C)[C@H]3CC[C@]12C. The molecule has 4 aliphatic carbocycles. The van der Waals surface area contributed by atoms with Gasteiger partial charge in [-0.15, -0.1) is 0 Å². The van der Waals surface area contributed by atoms with Gasteiger partial charge in [-0.1, -0.05) is 46.1 Å². The van der Waals surface area contributed by atoms with Crippen LogP contribution in [0.5, 0.6) is 0 Å². The van der Waals surface area contributed by atoms with Crippen LogP contribution in [0.4, 0.5) is 0 Å². The number of carbonyl (C=O) groups is 2. The summed E-state index contributed by atoms with van der Waals surface area (Å²) >= 11 is 0. The molecule has 3 saturated carbocycles. The lowest BCUT2D eigenvalue weighted by Crippen LogP contribution is -2.50. The fraction of sp³-hybridized carbons (Fsp3) is 0.852. The predicted octanol–water partition coefficient (Wildman–Crippen LogP) is 6.78. The second kappa shape index (κ2) is 7.97. The van der Waals surface area contributed by atoms with Gasteiger partial charge >= 0.3 is 0 Å². The van der Waals surface area contributed by atoms with Gasteiger partial charge in [0.25, 0.3) is 0 Å². The number of allylic oxidation sites excluding steroid dienone is 1. The highest BCUT2D eigenvalue weighted by Gasteiger charge is 2.59. The van der Waals surface area contributed by atoms with Crippen LogP contribution in [0.1, 0.15) is 98.3 Å². The number of ketones is 1. The van der Waals surface area contributed by atoms with Crippen LogP contribution in [-0.2, 0) is 9.59 Å². The van der Waals surface area contributed by atoms with Crippen LogP contribution in [0.3, 0.4) is 0 Å². The lowest BCUT2D eigenvalue weighted by atomic mass is 9.46. The van der Waals surface area contributed by atoms with Crippen LogP contribution < -0.4 is 0 Å². The summed E-state index contributed by atoms with van der Waals surface area (Å²) in [5.41, 5.74) is 2.30. The van der Waals surface area contributed by atoms with Crippen molar-refractivity contribution in [2.75, 3.05) is 0 Å². The molecular weight excluding hydrogens is 356 g/mol. The second-order valence-corrected chi connectivity index (χ2v) is 11.7. The van der Waals surface area contributed by atoms with Gasteiger partial charge in [0, 0.05) is 12.3 Å². The van der Waals surface area contributed by atoms with Crippen LogP contribution in [0.25, 0.3) is 0 Å². The topological polar surface area (TPSA) is 34.1 Å². The number of rotatable bonds is 6. The van der Waals surface area contributed by atoms with Gasteiger partial charge in [-0.25, -0.2) is 0 Å². The maximum Gasteiger partial charge on any atom is 0.155 e. The van der Waals surface area contributed by atoms with Gasteiger partial charge in [-0.05, 0) is 97.9 Å². The monoisotopic (exact) mass is 398 g/mol. The zero-order chi connectivity index (χ0) is 20.8. The van der Waals surface area contributed by atoms with Crippen molar-refractivity contribution in [2.24, 2.45) is 46.3 Å². The third kappa shape index (κ3) is 3.57. The molecule has 3 fully saturated rings. The zero-order valence-electron chi connectivity index (χ0n) is 19.2. The van der Waals surface area contributed by atoms with E-state index < -0.39 is 0 Å². The molecule has 4 rings (SSSR count). The summed E-state index contributed by atoms with van der Waals surface area (Å²) in [7, 11) is 0. The molecule has 0 saturated heterocycles. The van der Waals surface area contributed by atoms with E-state index in [-0.39, 0.29) is 5.92 Å². The minimum Gasteiger partial charge on any atom is -0.303 e. The molecule has 0 heterocycles. The highest BCUT2D eigenvalue weighted by Crippen LogP contribution is 2.67. The van der Waals surface area contributed by atoms with Crippen molar-refractivity contribution in [3.63, 3.8) is 0 Å². The number of fused-ring (bicyclic) bond motifs is 5. The van der Waals surface area contributed by atoms with Crippen LogP contribution in [0, 0.1) is 46.3 Å². The van der Waals surface area contributed by atoms with Gasteiger partial charge < -0.3 is 4.79 Å². The minimum absolute atomic E-state index is 0.220. The van der Waals surface area contributed by atoms with E-state index in [0.29, 0.717) is 16.6 Å². The Kier molecular flexibility index (Phi) is 5.86. The van der Waals surface area contributed by atoms with Gasteiger partial charge in [0.1, 0.15) is 6.29 Å². The highest BCUT2D eigenvalue weighted by atomic mass is 16.1. The van der Waals surface area contributed by atoms with Gasteiger partial charge in [0.15, 0.2) is 5.78 Å². The second-order valence-electron chi connectivity index (χ2n) is 11.7. The zero-order valence-corrected chi connectivity index (χ0v) is 19.2. The molecule has 0 aromatic rings. The minimum atomic E-state index is 0.220. The molecule has 0 aromatic heterocycles. The first-order valence-electron chi connectivity index (χ1n) is 12.5. The number of hydrogen-bond donors (Lipinski definition) is 0. The average molecular weight is 399 g/mol. The molecule has 0 bridgehead atoms. The summed E-state index contributed by atoms with van der Waals surface area (Å²) in [4.78, 5) is 23.0. The molecular formula is C27H42O2. The largest absolute Gasteiger partial charge is 0.303 e. The third-order valence-corrected chi connectivity index (χ3v) is 10.3. The van der Waals surface area contributed by atoms with E-state index in [1.807, 2.05) is 6.08 Å². The van der Waals surface area contributed by atoms with Crippen molar-refractivity contribution < 1.29 is 9.59 Å². The molecule has 0 aliphatic heterocycles. The Balaban J connectivity index is 1.47. The van der Waals surface area contributed by atoms with Crippen LogP contribution in [-0.4, -0.2) is 12.1 Å². The number of aldehydes is 1. The van der Waals surface area contributed by atoms with Crippen LogP contribution in [0.2, 0.25) is 0 Å². The lowest BCUT2D eigenvalue weighted by molar-refractivity contribution is -0.117. The van der Waals surface area contributed by atoms with E-state index in [1.165, 1.54) is 56.9 Å². The Bertz CT molecular complexity index is 678. The third-order valence-electron chi connectivity index (χ3n) is 10.3. The molecule has 2 nitrogen and oxygen atoms in total. The van der Waals surface area contributed by atoms with E-state index in [1.54, 1.807) is 0 Å². The maximum atomic E-state index is 12.0. The lowest BCUT2D eigenvalue weighted by Gasteiger charge is -2.58. The summed E-state index contributed by atoms with van der Waals surface area (Å²) in [5, 5.41) is 0. The normalized spacial score (nSPS) is 43.6. The molecule has 0 radical (unpaired) electrons. The van der Waals surface area contributed by atoms with E-state index >= 15 is 0 Å². The first kappa shape index (κ1) is 21.3. The Morgan fingerprint density at radius 2 is 1.83 bits per heavy atom. The molecule has 8 atom stereocenters. The Morgan fingerprint density at radius 3 is 2.59 bits per heavy atom. The molecule has 2 unspecified atom stereocenters. The van der Waals surface area contributed by atoms with Crippen molar-refractivity contribution >= 4 is 12.1 Å². The number of hydrogen-bond acceptors (Lipinski definition) is 2. The highest BCUT2D eigenvalue weighted by molar-refractivity contribution is 5.91. The first-order chi connectivity index (χ1) is 13.8. The van der Waals surface area contributed by atoms with E-state index in [4.69, 9.17) is 0 Å². The summed E-state index contributed by atoms with van der Waals surface area (Å²) < 4.78 is 0. The van der Waals surface area contributed by atoms with E-state index in [2.05, 4.69) is 27.7 Å². The quantitative estimate of drug-likeness (QED) is 0.462. The molecule has 0 spiro atoms. The molecule has 2 heteroatoms. The van der Waals surface area contributed by atoms with Crippen molar-refractivity contribution in [3.8, 4) is 0 Å². The first-order valence-corrected chi connectivity index (χ1v) is 12.5. The van der Waals surface area contributed by atoms with Crippen LogP contribution >= 0.6 is 0 Å². The van der Waals surface area contributed by atoms with Crippen LogP contribution in [0.15, 0.2) is 11.6 Å². The van der Waals surface area contributed by atoms with Gasteiger partial charge in [0.2, 0.25) is 0 Å². The molecule has 0 N–H and O–H groups in total. The fourth-order valence-corrected chi connectivity index (χ4v) is 8.57. The van der Waals surface area contributed by atoms with E-state index in [9.17, 15) is 9.59 Å². The van der Waals surface area contributed by atoms with Gasteiger partial charge in [-0.3, -0.25) is 4.79 Å². The van der Waals surface area contributed by atoms with E-state index in [0.717, 1.165) is 55.1 Å². The summed E-state index contributed by atoms with van der Waals surface area (Å²) in [6, 6.07) is 0. The standard InChI is InChI=1S/C27H42O2/c1-18(17-28)6-5-7-19(2)23-10-11-24-22-9-8-20-16-21(29)12-14-26(20,3)25(22)13-15-27(23,24)4/h16-19,22-25H,5-15H2,1-4H3/t18?,19?,22-,23+,24-,25-,26-,27+/m0/s1. The Morgan fingerprint density at radius 1 is 1.03 bits per heavy atom. The van der Waals surface area contributed by atoms with Crippen molar-refractivity contribution in [1.29, 1.82) is 0 Å². The smallest absolute Gasteiger partial charge is 0.155 e. The number of carbonyl (C=O) groups excluding carboxylic acids is 2. The Hall–Kier alpha value is -0.920. The van der Waals surface area contributed by atoms with Crippen molar-refractivity contribution in [3.05, 3.63) is 11.6 Å². The summed E-state index contributed by atoms with van der Waals surface area (Å²) in [6.07, 6.45) is 16.6. The average Bonchev–Trinajstić information content (AvgIpc) is 3.05. The molecule has 29 heavy (non-hydrogen) atoms. The molecule has 162 valence electrons. The molecule has 0 amide bonds. The molecule has 0 aromatic carbocycles. The summed E-state index contributed by atoms with van der Waals surface area (Å²) in [5.74, 6) is 4.79. The maximum absolute atomic E-state index is 12.0. The van der Waals surface area contributed by atoms with Gasteiger partial charge in [0.05, 0.1) is 0 Å². The summed E-state index contributed by atoms with van der Waals surface area (Å²) in [6.45, 7) is 9.67.